The average molecular weight is 295 g/mol. The van der Waals surface area contributed by atoms with E-state index in [9.17, 15) is 9.90 Å². The zero-order chi connectivity index (χ0) is 15.4. The van der Waals surface area contributed by atoms with Crippen molar-refractivity contribution in [3.63, 3.8) is 0 Å². The van der Waals surface area contributed by atoms with Gasteiger partial charge in [0.2, 0.25) is 6.79 Å². The number of rotatable bonds is 6. The molecule has 6 heteroatoms. The van der Waals surface area contributed by atoms with Gasteiger partial charge < -0.3 is 24.6 Å². The smallest absolute Gasteiger partial charge is 0.260 e. The second kappa shape index (κ2) is 6.67. The van der Waals surface area contributed by atoms with Crippen molar-refractivity contribution in [2.45, 2.75) is 45.9 Å². The van der Waals surface area contributed by atoms with Crippen LogP contribution in [0.5, 0.6) is 17.2 Å². The predicted molar refractivity (Wildman–Crippen MR) is 76.5 cm³/mol. The largest absolute Gasteiger partial charge is 0.480 e. The van der Waals surface area contributed by atoms with Gasteiger partial charge in [0.05, 0.1) is 6.61 Å². The number of hydrogen-bond donors (Lipinski definition) is 2. The highest BCUT2D eigenvalue weighted by molar-refractivity contribution is 5.81. The summed E-state index contributed by atoms with van der Waals surface area (Å²) in [7, 11) is 0. The molecular formula is C15H21NO5. The van der Waals surface area contributed by atoms with E-state index in [1.165, 1.54) is 0 Å². The molecule has 2 rings (SSSR count). The minimum absolute atomic E-state index is 0.0950. The normalized spacial score (nSPS) is 15.4. The van der Waals surface area contributed by atoms with Gasteiger partial charge >= 0.3 is 0 Å². The third-order valence-electron chi connectivity index (χ3n) is 3.40. The summed E-state index contributed by atoms with van der Waals surface area (Å²) in [5, 5.41) is 12.3. The minimum atomic E-state index is -0.662. The van der Waals surface area contributed by atoms with Crippen molar-refractivity contribution in [2.24, 2.45) is 0 Å². The summed E-state index contributed by atoms with van der Waals surface area (Å²) < 4.78 is 16.2. The molecule has 0 saturated heterocycles. The van der Waals surface area contributed by atoms with Gasteiger partial charge in [0.1, 0.15) is 5.75 Å². The SMILES string of the molecule is CCC(C)NC(=O)C(C)Oc1cc2c(cc1CO)OCO2. The van der Waals surface area contributed by atoms with Crippen LogP contribution in [0.3, 0.4) is 0 Å². The fraction of sp³-hybridized carbons (Fsp3) is 0.533. The fourth-order valence-corrected chi connectivity index (χ4v) is 1.90. The van der Waals surface area contributed by atoms with E-state index in [2.05, 4.69) is 5.32 Å². The van der Waals surface area contributed by atoms with Crippen molar-refractivity contribution < 1.29 is 24.1 Å². The highest BCUT2D eigenvalue weighted by Gasteiger charge is 2.21. The van der Waals surface area contributed by atoms with E-state index in [1.54, 1.807) is 19.1 Å². The van der Waals surface area contributed by atoms with Crippen LogP contribution in [0.2, 0.25) is 0 Å². The minimum Gasteiger partial charge on any atom is -0.480 e. The summed E-state index contributed by atoms with van der Waals surface area (Å²) in [5.41, 5.74) is 0.558. The van der Waals surface area contributed by atoms with Crippen molar-refractivity contribution in [2.75, 3.05) is 6.79 Å². The zero-order valence-corrected chi connectivity index (χ0v) is 12.5. The van der Waals surface area contributed by atoms with Gasteiger partial charge in [-0.05, 0) is 26.3 Å². The molecule has 0 spiro atoms. The van der Waals surface area contributed by atoms with Crippen molar-refractivity contribution in [3.8, 4) is 17.2 Å². The third kappa shape index (κ3) is 3.58. The number of nitrogens with one attached hydrogen (secondary N) is 1. The Morgan fingerprint density at radius 3 is 2.67 bits per heavy atom. The van der Waals surface area contributed by atoms with Crippen LogP contribution in [0.25, 0.3) is 0 Å². The maximum absolute atomic E-state index is 12.0. The second-order valence-electron chi connectivity index (χ2n) is 5.05. The van der Waals surface area contributed by atoms with Crippen molar-refractivity contribution in [1.29, 1.82) is 0 Å². The lowest BCUT2D eigenvalue weighted by Gasteiger charge is -2.19. The number of fused-ring (bicyclic) bond motifs is 1. The first-order valence-electron chi connectivity index (χ1n) is 7.05. The Bertz CT molecular complexity index is 517. The number of ether oxygens (including phenoxy) is 3. The number of benzene rings is 1. The van der Waals surface area contributed by atoms with Crippen LogP contribution >= 0.6 is 0 Å². The molecule has 0 aromatic heterocycles. The number of aliphatic hydroxyl groups excluding tert-OH is 1. The molecular weight excluding hydrogens is 274 g/mol. The molecule has 0 saturated carbocycles. The predicted octanol–water partition coefficient (Wildman–Crippen LogP) is 1.59. The maximum atomic E-state index is 12.0. The molecule has 1 amide bonds. The van der Waals surface area contributed by atoms with E-state index in [4.69, 9.17) is 14.2 Å². The topological polar surface area (TPSA) is 77.0 Å². The van der Waals surface area contributed by atoms with E-state index < -0.39 is 6.10 Å². The van der Waals surface area contributed by atoms with Gasteiger partial charge in [-0.2, -0.15) is 0 Å². The number of aliphatic hydroxyl groups is 1. The molecule has 2 atom stereocenters. The Morgan fingerprint density at radius 1 is 1.38 bits per heavy atom. The lowest BCUT2D eigenvalue weighted by atomic mass is 10.2. The van der Waals surface area contributed by atoms with Gasteiger partial charge in [-0.1, -0.05) is 6.92 Å². The molecule has 1 aliphatic rings. The van der Waals surface area contributed by atoms with E-state index in [1.807, 2.05) is 13.8 Å². The van der Waals surface area contributed by atoms with Crippen LogP contribution in [-0.4, -0.2) is 30.0 Å². The van der Waals surface area contributed by atoms with Crippen LogP contribution in [0, 0.1) is 0 Å². The molecule has 0 bridgehead atoms. The van der Waals surface area contributed by atoms with Gasteiger partial charge in [0, 0.05) is 17.7 Å². The number of carbonyl (C=O) groups excluding carboxylic acids is 1. The van der Waals surface area contributed by atoms with E-state index in [0.29, 0.717) is 22.8 Å². The van der Waals surface area contributed by atoms with Crippen molar-refractivity contribution in [3.05, 3.63) is 17.7 Å². The Hall–Kier alpha value is -1.95. The molecule has 0 fully saturated rings. The zero-order valence-electron chi connectivity index (χ0n) is 12.5. The standard InChI is InChI=1S/C15H21NO5/c1-4-9(2)16-15(18)10(3)21-12-6-14-13(19-8-20-14)5-11(12)7-17/h5-6,9-10,17H,4,7-8H2,1-3H3,(H,16,18). The summed E-state index contributed by atoms with van der Waals surface area (Å²) in [6.45, 7) is 5.55. The molecule has 6 nitrogen and oxygen atoms in total. The average Bonchev–Trinajstić information content (AvgIpc) is 2.93. The molecule has 21 heavy (non-hydrogen) atoms. The van der Waals surface area contributed by atoms with E-state index in [0.717, 1.165) is 6.42 Å². The lowest BCUT2D eigenvalue weighted by Crippen LogP contribution is -2.41. The first-order chi connectivity index (χ1) is 10.0. The monoisotopic (exact) mass is 295 g/mol. The van der Waals surface area contributed by atoms with Crippen LogP contribution in [-0.2, 0) is 11.4 Å². The van der Waals surface area contributed by atoms with Crippen LogP contribution in [0.1, 0.15) is 32.8 Å². The second-order valence-corrected chi connectivity index (χ2v) is 5.05. The molecule has 2 unspecified atom stereocenters. The van der Waals surface area contributed by atoms with Gasteiger partial charge in [-0.3, -0.25) is 4.79 Å². The molecule has 0 radical (unpaired) electrons. The third-order valence-corrected chi connectivity index (χ3v) is 3.40. The van der Waals surface area contributed by atoms with Crippen molar-refractivity contribution >= 4 is 5.91 Å². The summed E-state index contributed by atoms with van der Waals surface area (Å²) >= 11 is 0. The molecule has 116 valence electrons. The number of hydrogen-bond acceptors (Lipinski definition) is 5. The highest BCUT2D eigenvalue weighted by atomic mass is 16.7. The van der Waals surface area contributed by atoms with E-state index >= 15 is 0 Å². The molecule has 2 N–H and O–H groups in total. The molecule has 1 aromatic carbocycles. The van der Waals surface area contributed by atoms with Crippen LogP contribution in [0.15, 0.2) is 12.1 Å². The number of carbonyl (C=O) groups is 1. The first kappa shape index (κ1) is 15.4. The van der Waals surface area contributed by atoms with Gasteiger partial charge in [-0.25, -0.2) is 0 Å². The van der Waals surface area contributed by atoms with Crippen molar-refractivity contribution in [1.82, 2.24) is 5.32 Å². The van der Waals surface area contributed by atoms with Gasteiger partial charge in [0.15, 0.2) is 17.6 Å². The van der Waals surface area contributed by atoms with Crippen LogP contribution < -0.4 is 19.5 Å². The number of amides is 1. The van der Waals surface area contributed by atoms with Gasteiger partial charge in [-0.15, -0.1) is 0 Å². The highest BCUT2D eigenvalue weighted by Crippen LogP contribution is 2.38. The Kier molecular flexibility index (Phi) is 4.90. The molecule has 1 aliphatic heterocycles. The Labute approximate surface area is 124 Å². The lowest BCUT2D eigenvalue weighted by molar-refractivity contribution is -0.127. The summed E-state index contributed by atoms with van der Waals surface area (Å²) in [5.74, 6) is 1.36. The summed E-state index contributed by atoms with van der Waals surface area (Å²) in [6, 6.07) is 3.40. The molecule has 1 aromatic rings. The van der Waals surface area contributed by atoms with E-state index in [-0.39, 0.29) is 25.3 Å². The van der Waals surface area contributed by atoms with Crippen LogP contribution in [0.4, 0.5) is 0 Å². The first-order valence-corrected chi connectivity index (χ1v) is 7.05. The maximum Gasteiger partial charge on any atom is 0.260 e. The Morgan fingerprint density at radius 2 is 2.05 bits per heavy atom. The Balaban J connectivity index is 2.10. The molecule has 1 heterocycles. The fourth-order valence-electron chi connectivity index (χ4n) is 1.90. The quantitative estimate of drug-likeness (QED) is 0.833. The molecule has 0 aliphatic carbocycles. The summed E-state index contributed by atoms with van der Waals surface area (Å²) in [6.07, 6.45) is 0.189. The van der Waals surface area contributed by atoms with Gasteiger partial charge in [0.25, 0.3) is 5.91 Å². The summed E-state index contributed by atoms with van der Waals surface area (Å²) in [4.78, 5) is 12.0.